The van der Waals surface area contributed by atoms with Gasteiger partial charge < -0.3 is 5.11 Å². The van der Waals surface area contributed by atoms with Gasteiger partial charge in [0.25, 0.3) is 11.8 Å². The Bertz CT molecular complexity index is 1230. The average molecular weight is 480 g/mol. The van der Waals surface area contributed by atoms with Crippen LogP contribution in [0.4, 0.5) is 4.39 Å². The molecule has 2 aromatic carbocycles. The number of nitrogens with zero attached hydrogens (tertiary/aromatic N) is 2. The van der Waals surface area contributed by atoms with Gasteiger partial charge in [0.2, 0.25) is 11.8 Å². The molecule has 0 radical (unpaired) electrons. The van der Waals surface area contributed by atoms with E-state index in [-0.39, 0.29) is 29.8 Å². The van der Waals surface area contributed by atoms with Crippen molar-refractivity contribution in [2.45, 2.75) is 50.8 Å². The second-order valence-electron chi connectivity index (χ2n) is 9.54. The Balaban J connectivity index is 1.35. The van der Waals surface area contributed by atoms with Crippen molar-refractivity contribution >= 4 is 23.6 Å². The molecule has 0 saturated carbocycles. The first-order valence-electron chi connectivity index (χ1n) is 11.7. The fraction of sp³-hybridized carbons (Fsp3) is 0.385. The van der Waals surface area contributed by atoms with Gasteiger partial charge in [-0.1, -0.05) is 18.2 Å². The van der Waals surface area contributed by atoms with Gasteiger partial charge in [-0.3, -0.25) is 34.3 Å². The number of rotatable bonds is 4. The minimum Gasteiger partial charge on any atom is -0.385 e. The molecule has 35 heavy (non-hydrogen) atoms. The normalized spacial score (nSPS) is 22.4. The summed E-state index contributed by atoms with van der Waals surface area (Å²) in [6, 6.07) is 8.57. The maximum absolute atomic E-state index is 13.3. The van der Waals surface area contributed by atoms with Crippen LogP contribution in [-0.2, 0) is 21.7 Å². The van der Waals surface area contributed by atoms with E-state index < -0.39 is 35.3 Å². The lowest BCUT2D eigenvalue weighted by Crippen LogP contribution is -2.54. The third-order valence-electron chi connectivity index (χ3n) is 7.37. The molecule has 8 nitrogen and oxygen atoms in total. The smallest absolute Gasteiger partial charge is 0.262 e. The molecular weight excluding hydrogens is 453 g/mol. The lowest BCUT2D eigenvalue weighted by atomic mass is 9.80. The number of halogens is 1. The highest BCUT2D eigenvalue weighted by Gasteiger charge is 2.46. The van der Waals surface area contributed by atoms with E-state index in [0.29, 0.717) is 43.6 Å². The van der Waals surface area contributed by atoms with Crippen LogP contribution >= 0.6 is 0 Å². The summed E-state index contributed by atoms with van der Waals surface area (Å²) >= 11 is 0. The van der Waals surface area contributed by atoms with E-state index in [1.807, 2.05) is 0 Å². The summed E-state index contributed by atoms with van der Waals surface area (Å²) in [7, 11) is 0. The molecule has 2 aromatic rings. The van der Waals surface area contributed by atoms with Crippen molar-refractivity contribution in [1.82, 2.24) is 15.1 Å². The first-order chi connectivity index (χ1) is 16.7. The highest BCUT2D eigenvalue weighted by atomic mass is 19.1. The van der Waals surface area contributed by atoms with Crippen LogP contribution in [0.3, 0.4) is 0 Å². The lowest BCUT2D eigenvalue weighted by Gasteiger charge is -2.39. The first-order valence-corrected chi connectivity index (χ1v) is 11.7. The van der Waals surface area contributed by atoms with E-state index >= 15 is 0 Å². The number of aliphatic hydroxyl groups is 1. The zero-order valence-electron chi connectivity index (χ0n) is 19.3. The van der Waals surface area contributed by atoms with Crippen molar-refractivity contribution in [3.8, 4) is 0 Å². The predicted molar refractivity (Wildman–Crippen MR) is 123 cm³/mol. The number of piperidine rings is 2. The quantitative estimate of drug-likeness (QED) is 0.650. The van der Waals surface area contributed by atoms with Gasteiger partial charge in [0.15, 0.2) is 0 Å². The van der Waals surface area contributed by atoms with E-state index in [9.17, 15) is 28.7 Å². The zero-order chi connectivity index (χ0) is 24.9. The number of fused-ring (bicyclic) bond motifs is 1. The molecule has 0 bridgehead atoms. The minimum absolute atomic E-state index is 0.0578. The van der Waals surface area contributed by atoms with E-state index in [2.05, 4.69) is 10.2 Å². The topological polar surface area (TPSA) is 107 Å². The van der Waals surface area contributed by atoms with E-state index in [0.717, 1.165) is 10.5 Å². The molecule has 4 amide bonds. The van der Waals surface area contributed by atoms with E-state index in [1.165, 1.54) is 12.1 Å². The van der Waals surface area contributed by atoms with Crippen molar-refractivity contribution in [3.05, 3.63) is 70.0 Å². The molecule has 3 heterocycles. The first kappa shape index (κ1) is 23.3. The molecule has 3 aliphatic heterocycles. The summed E-state index contributed by atoms with van der Waals surface area (Å²) in [5, 5.41) is 13.7. The molecule has 0 spiro atoms. The number of benzene rings is 2. The van der Waals surface area contributed by atoms with Crippen LogP contribution in [0.2, 0.25) is 0 Å². The van der Waals surface area contributed by atoms with Gasteiger partial charge in [-0.05, 0) is 61.1 Å². The highest BCUT2D eigenvalue weighted by Crippen LogP contribution is 2.39. The Hall–Kier alpha value is -3.43. The molecule has 2 N–H and O–H groups in total. The van der Waals surface area contributed by atoms with Crippen LogP contribution in [-0.4, -0.2) is 57.7 Å². The maximum Gasteiger partial charge on any atom is 0.262 e. The third-order valence-corrected chi connectivity index (χ3v) is 7.37. The van der Waals surface area contributed by atoms with Crippen LogP contribution in [0.15, 0.2) is 36.4 Å². The summed E-state index contributed by atoms with van der Waals surface area (Å²) in [5.74, 6) is -2.49. The van der Waals surface area contributed by atoms with Crippen LogP contribution < -0.4 is 5.32 Å². The Morgan fingerprint density at radius 1 is 1.03 bits per heavy atom. The van der Waals surface area contributed by atoms with E-state index in [4.69, 9.17) is 0 Å². The number of carbonyl (C=O) groups excluding carboxylic acids is 4. The number of hydrogen-bond donors (Lipinski definition) is 2. The van der Waals surface area contributed by atoms with Crippen LogP contribution in [0.25, 0.3) is 0 Å². The molecule has 2 saturated heterocycles. The third kappa shape index (κ3) is 4.04. The second-order valence-corrected chi connectivity index (χ2v) is 9.54. The van der Waals surface area contributed by atoms with Gasteiger partial charge in [-0.2, -0.15) is 0 Å². The molecule has 0 aliphatic carbocycles. The van der Waals surface area contributed by atoms with Gasteiger partial charge in [0.1, 0.15) is 11.9 Å². The predicted octanol–water partition coefficient (Wildman–Crippen LogP) is 2.02. The Morgan fingerprint density at radius 2 is 1.71 bits per heavy atom. The Kier molecular flexibility index (Phi) is 5.77. The maximum atomic E-state index is 13.3. The summed E-state index contributed by atoms with van der Waals surface area (Å²) in [4.78, 5) is 53.3. The largest absolute Gasteiger partial charge is 0.385 e. The van der Waals surface area contributed by atoms with Crippen LogP contribution in [0.1, 0.15) is 63.1 Å². The molecule has 9 heteroatoms. The lowest BCUT2D eigenvalue weighted by molar-refractivity contribution is -0.136. The Labute approximate surface area is 201 Å². The molecule has 1 atom stereocenters. The van der Waals surface area contributed by atoms with Gasteiger partial charge in [-0.15, -0.1) is 0 Å². The molecule has 1 unspecified atom stereocenters. The molecule has 2 fully saturated rings. The highest BCUT2D eigenvalue weighted by molar-refractivity contribution is 6.24. The number of hydrogen-bond acceptors (Lipinski definition) is 6. The minimum atomic E-state index is -1.16. The number of imide groups is 2. The number of likely N-dealkylation sites (tertiary alicyclic amines) is 1. The molecule has 3 aliphatic rings. The van der Waals surface area contributed by atoms with Crippen molar-refractivity contribution in [2.75, 3.05) is 13.1 Å². The number of nitrogens with one attached hydrogen (secondary N) is 1. The van der Waals surface area contributed by atoms with Crippen molar-refractivity contribution in [3.63, 3.8) is 0 Å². The van der Waals surface area contributed by atoms with Crippen LogP contribution in [0, 0.1) is 12.7 Å². The summed E-state index contributed by atoms with van der Waals surface area (Å²) < 4.78 is 13.2. The molecule has 182 valence electrons. The molecular formula is C26H26FN3O5. The summed E-state index contributed by atoms with van der Waals surface area (Å²) in [6.07, 6.45) is 1.03. The fourth-order valence-electron chi connectivity index (χ4n) is 5.42. The number of carbonyl (C=O) groups is 4. The summed E-state index contributed by atoms with van der Waals surface area (Å²) in [6.45, 7) is 3.59. The van der Waals surface area contributed by atoms with Crippen LogP contribution in [0.5, 0.6) is 0 Å². The van der Waals surface area contributed by atoms with E-state index in [1.54, 1.807) is 31.2 Å². The monoisotopic (exact) mass is 479 g/mol. The standard InChI is InChI=1S/C26H26FN3O5/c1-15-19(26(35)10-12-29(13-11-26)14-16-2-4-17(27)5-3-16)7-6-18-22(15)25(34)30(24(18)33)20-8-9-21(31)28-23(20)32/h2-7,20,35H,8-14H2,1H3,(H,28,31,32). The summed E-state index contributed by atoms with van der Waals surface area (Å²) in [5.41, 5.74) is 1.37. The molecule has 0 aromatic heterocycles. The zero-order valence-corrected chi connectivity index (χ0v) is 19.3. The number of amides is 4. The molecule has 5 rings (SSSR count). The van der Waals surface area contributed by atoms with Gasteiger partial charge in [0.05, 0.1) is 16.7 Å². The van der Waals surface area contributed by atoms with Crippen molar-refractivity contribution in [2.24, 2.45) is 0 Å². The van der Waals surface area contributed by atoms with Gasteiger partial charge >= 0.3 is 0 Å². The average Bonchev–Trinajstić information content (AvgIpc) is 3.08. The SMILES string of the molecule is Cc1c(C2(O)CCN(Cc3ccc(F)cc3)CC2)ccc2c1C(=O)N(C1CCC(=O)NC1=O)C2=O. The van der Waals surface area contributed by atoms with Gasteiger partial charge in [-0.25, -0.2) is 4.39 Å². The van der Waals surface area contributed by atoms with Crippen molar-refractivity contribution < 1.29 is 28.7 Å². The fourth-order valence-corrected chi connectivity index (χ4v) is 5.42. The van der Waals surface area contributed by atoms with Gasteiger partial charge in [0, 0.05) is 26.1 Å². The van der Waals surface area contributed by atoms with Crippen molar-refractivity contribution in [1.29, 1.82) is 0 Å². The second kappa shape index (κ2) is 8.66. The Morgan fingerprint density at radius 3 is 2.37 bits per heavy atom.